The first-order valence-electron chi connectivity index (χ1n) is 7.37. The van der Waals surface area contributed by atoms with Gasteiger partial charge in [0.15, 0.2) is 9.84 Å². The first-order valence-corrected chi connectivity index (χ1v) is 8.92. The van der Waals surface area contributed by atoms with E-state index in [-0.39, 0.29) is 10.6 Å². The largest absolute Gasteiger partial charge is 0.343 e. The average Bonchev–Trinajstić information content (AvgIpc) is 2.62. The van der Waals surface area contributed by atoms with Crippen LogP contribution in [0.25, 0.3) is 0 Å². The van der Waals surface area contributed by atoms with Crippen molar-refractivity contribution < 1.29 is 18.0 Å². The fraction of sp³-hybridized carbons (Fsp3) is 0.176. The molecule has 0 aromatic heterocycles. The van der Waals surface area contributed by atoms with Crippen molar-refractivity contribution in [3.63, 3.8) is 0 Å². The van der Waals surface area contributed by atoms with E-state index in [2.05, 4.69) is 10.6 Å². The second-order valence-corrected chi connectivity index (χ2v) is 7.58. The molecular formula is C17H16N2O4S. The zero-order valence-electron chi connectivity index (χ0n) is 12.9. The van der Waals surface area contributed by atoms with Gasteiger partial charge in [0.2, 0.25) is 11.8 Å². The molecular weight excluding hydrogens is 328 g/mol. The van der Waals surface area contributed by atoms with Gasteiger partial charge >= 0.3 is 0 Å². The molecule has 0 fully saturated rings. The number of para-hydroxylation sites is 1. The van der Waals surface area contributed by atoms with Crippen molar-refractivity contribution in [2.45, 2.75) is 23.1 Å². The maximum atomic E-state index is 13.2. The molecule has 2 aromatic rings. The Labute approximate surface area is 139 Å². The Morgan fingerprint density at radius 2 is 1.67 bits per heavy atom. The zero-order chi connectivity index (χ0) is 17.3. The minimum absolute atomic E-state index is 0.0417. The molecule has 2 aromatic carbocycles. The monoisotopic (exact) mass is 344 g/mol. The number of sulfone groups is 1. The van der Waals surface area contributed by atoms with Crippen LogP contribution in [-0.2, 0) is 19.4 Å². The van der Waals surface area contributed by atoms with Gasteiger partial charge in [-0.1, -0.05) is 42.5 Å². The van der Waals surface area contributed by atoms with Crippen molar-refractivity contribution >= 4 is 27.3 Å². The number of hydrogen-bond acceptors (Lipinski definition) is 4. The Hall–Kier alpha value is -2.67. The number of anilines is 1. The summed E-state index contributed by atoms with van der Waals surface area (Å²) in [6.07, 6.45) is 0. The number of nitrogens with one attached hydrogen (secondary N) is 2. The number of hydrogen-bond donors (Lipinski definition) is 2. The maximum Gasteiger partial charge on any atom is 0.248 e. The van der Waals surface area contributed by atoms with Gasteiger partial charge in [-0.05, 0) is 17.7 Å². The Morgan fingerprint density at radius 1 is 1.04 bits per heavy atom. The van der Waals surface area contributed by atoms with Crippen LogP contribution in [0.1, 0.15) is 17.7 Å². The van der Waals surface area contributed by atoms with Crippen LogP contribution in [0, 0.1) is 0 Å². The lowest BCUT2D eigenvalue weighted by Crippen LogP contribution is -2.47. The number of amides is 2. The van der Waals surface area contributed by atoms with E-state index in [0.717, 1.165) is 0 Å². The SMILES string of the molecule is CC(=O)N[C@@H]1C(=O)Nc2ccccc2S(=O)(=O)[C@H]1c1ccccc1. The van der Waals surface area contributed by atoms with Crippen molar-refractivity contribution in [2.24, 2.45) is 0 Å². The van der Waals surface area contributed by atoms with Crippen molar-refractivity contribution in [3.05, 3.63) is 60.2 Å². The molecule has 2 atom stereocenters. The molecule has 0 unspecified atom stereocenters. The molecule has 0 aliphatic carbocycles. The molecule has 1 aliphatic rings. The van der Waals surface area contributed by atoms with E-state index >= 15 is 0 Å². The zero-order valence-corrected chi connectivity index (χ0v) is 13.7. The molecule has 1 aliphatic heterocycles. The fourth-order valence-corrected chi connectivity index (χ4v) is 4.89. The molecule has 2 amide bonds. The molecule has 24 heavy (non-hydrogen) atoms. The van der Waals surface area contributed by atoms with Crippen LogP contribution in [0.3, 0.4) is 0 Å². The van der Waals surface area contributed by atoms with E-state index in [1.807, 2.05) is 0 Å². The lowest BCUT2D eigenvalue weighted by atomic mass is 10.0. The Kier molecular flexibility index (Phi) is 4.11. The predicted octanol–water partition coefficient (Wildman–Crippen LogP) is 1.66. The van der Waals surface area contributed by atoms with E-state index in [1.165, 1.54) is 19.1 Å². The van der Waals surface area contributed by atoms with Crippen molar-refractivity contribution in [2.75, 3.05) is 5.32 Å². The predicted molar refractivity (Wildman–Crippen MR) is 89.0 cm³/mol. The summed E-state index contributed by atoms with van der Waals surface area (Å²) in [5.74, 6) is -1.04. The van der Waals surface area contributed by atoms with Crippen LogP contribution >= 0.6 is 0 Å². The van der Waals surface area contributed by atoms with E-state index in [0.29, 0.717) is 5.56 Å². The van der Waals surface area contributed by atoms with Crippen LogP contribution in [-0.4, -0.2) is 26.3 Å². The highest BCUT2D eigenvalue weighted by atomic mass is 32.2. The third-order valence-electron chi connectivity index (χ3n) is 3.86. The van der Waals surface area contributed by atoms with Gasteiger partial charge in [0, 0.05) is 6.92 Å². The molecule has 3 rings (SSSR count). The van der Waals surface area contributed by atoms with E-state index in [1.54, 1.807) is 42.5 Å². The molecule has 124 valence electrons. The lowest BCUT2D eigenvalue weighted by Gasteiger charge is -2.24. The number of rotatable bonds is 2. The summed E-state index contributed by atoms with van der Waals surface area (Å²) in [5, 5.41) is 3.88. The minimum Gasteiger partial charge on any atom is -0.343 e. The second-order valence-electron chi connectivity index (χ2n) is 5.54. The van der Waals surface area contributed by atoms with Crippen LogP contribution in [0.4, 0.5) is 5.69 Å². The van der Waals surface area contributed by atoms with Crippen molar-refractivity contribution in [1.82, 2.24) is 5.32 Å². The number of carbonyl (C=O) groups excluding carboxylic acids is 2. The molecule has 0 saturated carbocycles. The molecule has 0 spiro atoms. The summed E-state index contributed by atoms with van der Waals surface area (Å²) in [5.41, 5.74) is 0.666. The highest BCUT2D eigenvalue weighted by Gasteiger charge is 2.44. The number of carbonyl (C=O) groups is 2. The summed E-state index contributed by atoms with van der Waals surface area (Å²) in [4.78, 5) is 24.2. The van der Waals surface area contributed by atoms with Gasteiger partial charge in [-0.25, -0.2) is 8.42 Å². The van der Waals surface area contributed by atoms with Gasteiger partial charge in [0.1, 0.15) is 11.3 Å². The van der Waals surface area contributed by atoms with Gasteiger partial charge in [-0.3, -0.25) is 9.59 Å². The van der Waals surface area contributed by atoms with Crippen LogP contribution in [0.5, 0.6) is 0 Å². The topological polar surface area (TPSA) is 92.3 Å². The van der Waals surface area contributed by atoms with E-state index < -0.39 is 32.9 Å². The number of benzene rings is 2. The van der Waals surface area contributed by atoms with E-state index in [4.69, 9.17) is 0 Å². The Balaban J connectivity index is 2.25. The Bertz CT molecular complexity index is 894. The highest BCUT2D eigenvalue weighted by Crippen LogP contribution is 2.38. The quantitative estimate of drug-likeness (QED) is 0.866. The second kappa shape index (κ2) is 6.09. The third kappa shape index (κ3) is 2.78. The van der Waals surface area contributed by atoms with Gasteiger partial charge in [-0.2, -0.15) is 0 Å². The summed E-state index contributed by atoms with van der Waals surface area (Å²) in [6.45, 7) is 1.25. The van der Waals surface area contributed by atoms with Gasteiger partial charge in [-0.15, -0.1) is 0 Å². The molecule has 0 radical (unpaired) electrons. The standard InChI is InChI=1S/C17H16N2O4S/c1-11(20)18-15-16(12-7-3-2-4-8-12)24(22,23)14-10-6-5-9-13(14)19-17(15)21/h2-10,15-16H,1H3,(H,18,20)(H,19,21)/t15-,16-/m0/s1. The summed E-state index contributed by atoms with van der Waals surface area (Å²) < 4.78 is 26.4. The fourth-order valence-electron chi connectivity index (χ4n) is 2.86. The summed E-state index contributed by atoms with van der Waals surface area (Å²) >= 11 is 0. The molecule has 2 N–H and O–H groups in total. The Morgan fingerprint density at radius 3 is 2.33 bits per heavy atom. The van der Waals surface area contributed by atoms with Crippen LogP contribution in [0.2, 0.25) is 0 Å². The number of fused-ring (bicyclic) bond motifs is 1. The molecule has 7 heteroatoms. The van der Waals surface area contributed by atoms with Gasteiger partial charge in [0.05, 0.1) is 10.6 Å². The lowest BCUT2D eigenvalue weighted by molar-refractivity contribution is -0.125. The normalized spacial score (nSPS) is 22.0. The first-order chi connectivity index (χ1) is 11.4. The summed E-state index contributed by atoms with van der Waals surface area (Å²) in [7, 11) is -3.90. The van der Waals surface area contributed by atoms with Crippen LogP contribution < -0.4 is 10.6 Å². The smallest absolute Gasteiger partial charge is 0.248 e. The molecule has 6 nitrogen and oxygen atoms in total. The minimum atomic E-state index is -3.90. The van der Waals surface area contributed by atoms with E-state index in [9.17, 15) is 18.0 Å². The van der Waals surface area contributed by atoms with Gasteiger partial charge < -0.3 is 10.6 Å². The molecule has 1 heterocycles. The molecule has 0 saturated heterocycles. The third-order valence-corrected chi connectivity index (χ3v) is 6.04. The highest BCUT2D eigenvalue weighted by molar-refractivity contribution is 7.92. The van der Waals surface area contributed by atoms with Crippen LogP contribution in [0.15, 0.2) is 59.5 Å². The van der Waals surface area contributed by atoms with Gasteiger partial charge in [0.25, 0.3) is 0 Å². The van der Waals surface area contributed by atoms with Crippen molar-refractivity contribution in [3.8, 4) is 0 Å². The first kappa shape index (κ1) is 16.2. The molecule has 0 bridgehead atoms. The van der Waals surface area contributed by atoms with Crippen molar-refractivity contribution in [1.29, 1.82) is 0 Å². The summed E-state index contributed by atoms with van der Waals surface area (Å²) in [6, 6.07) is 13.4. The average molecular weight is 344 g/mol. The maximum absolute atomic E-state index is 13.2.